The van der Waals surface area contributed by atoms with Crippen molar-refractivity contribution in [1.82, 2.24) is 25.2 Å². The van der Waals surface area contributed by atoms with E-state index < -0.39 is 0 Å². The third-order valence-corrected chi connectivity index (χ3v) is 4.72. The number of aromatic amines is 1. The Morgan fingerprint density at radius 3 is 2.73 bits per heavy atom. The summed E-state index contributed by atoms with van der Waals surface area (Å²) in [5, 5.41) is 10.9. The van der Waals surface area contributed by atoms with Crippen molar-refractivity contribution in [3.8, 4) is 11.3 Å². The van der Waals surface area contributed by atoms with Crippen molar-refractivity contribution in [2.24, 2.45) is 0 Å². The van der Waals surface area contributed by atoms with Gasteiger partial charge in [0.15, 0.2) is 5.82 Å². The average molecular weight is 351 g/mol. The van der Waals surface area contributed by atoms with Crippen LogP contribution in [-0.2, 0) is 0 Å². The molecule has 1 fully saturated rings. The Morgan fingerprint density at radius 1 is 1.27 bits per heavy atom. The minimum atomic E-state index is -0.144. The van der Waals surface area contributed by atoms with Crippen LogP contribution in [0.3, 0.4) is 0 Å². The van der Waals surface area contributed by atoms with Crippen molar-refractivity contribution in [3.63, 3.8) is 0 Å². The Morgan fingerprint density at radius 2 is 2.08 bits per heavy atom. The van der Waals surface area contributed by atoms with Gasteiger partial charge in [0, 0.05) is 24.2 Å². The molecule has 3 heterocycles. The molecule has 1 aliphatic rings. The van der Waals surface area contributed by atoms with Gasteiger partial charge in [0.1, 0.15) is 6.04 Å². The maximum absolute atomic E-state index is 13.0. The monoisotopic (exact) mass is 351 g/mol. The highest BCUT2D eigenvalue weighted by molar-refractivity contribution is 5.95. The van der Waals surface area contributed by atoms with E-state index in [1.54, 1.807) is 6.20 Å². The third kappa shape index (κ3) is 3.00. The van der Waals surface area contributed by atoms with Crippen LogP contribution in [0.25, 0.3) is 11.3 Å². The molecule has 1 N–H and O–H groups in total. The Bertz CT molecular complexity index is 883. The summed E-state index contributed by atoms with van der Waals surface area (Å²) in [6.07, 6.45) is 3.48. The second-order valence-electron chi connectivity index (χ2n) is 6.85. The van der Waals surface area contributed by atoms with Crippen molar-refractivity contribution in [1.29, 1.82) is 0 Å². The summed E-state index contributed by atoms with van der Waals surface area (Å²) in [6, 6.07) is 9.30. The molecule has 0 radical (unpaired) electrons. The lowest BCUT2D eigenvalue weighted by Gasteiger charge is -2.22. The van der Waals surface area contributed by atoms with E-state index in [1.165, 1.54) is 0 Å². The van der Waals surface area contributed by atoms with Crippen LogP contribution in [0, 0.1) is 0 Å². The average Bonchev–Trinajstić information content (AvgIpc) is 3.42. The number of amides is 1. The Hall–Kier alpha value is -2.96. The maximum Gasteiger partial charge on any atom is 0.254 e. The van der Waals surface area contributed by atoms with E-state index in [4.69, 9.17) is 4.52 Å². The van der Waals surface area contributed by atoms with Gasteiger partial charge < -0.3 is 9.42 Å². The molecule has 4 rings (SSSR count). The molecule has 1 aliphatic heterocycles. The number of carbonyl (C=O) groups excluding carboxylic acids is 1. The first-order chi connectivity index (χ1) is 12.6. The van der Waals surface area contributed by atoms with Crippen molar-refractivity contribution in [2.45, 2.75) is 38.6 Å². The number of nitrogens with zero attached hydrogens (tertiary/aromatic N) is 4. The standard InChI is InChI=1S/C19H21N5O2/c1-12(2)17-21-18(26-23-17)16-4-3-11-24(16)19(25)14-7-5-13(6-8-14)15-9-10-20-22-15/h5-10,12,16H,3-4,11H2,1-2H3,(H,20,22)/t16-/m1/s1. The SMILES string of the molecule is CC(C)c1noc([C@H]2CCCN2C(=O)c2ccc(-c3ccn[nH]3)cc2)n1. The highest BCUT2D eigenvalue weighted by atomic mass is 16.5. The lowest BCUT2D eigenvalue weighted by atomic mass is 10.1. The van der Waals surface area contributed by atoms with Crippen LogP contribution in [0.5, 0.6) is 0 Å². The number of nitrogens with one attached hydrogen (secondary N) is 1. The molecule has 2 aromatic heterocycles. The number of carbonyl (C=O) groups is 1. The molecule has 7 nitrogen and oxygen atoms in total. The highest BCUT2D eigenvalue weighted by Gasteiger charge is 2.34. The van der Waals surface area contributed by atoms with E-state index >= 15 is 0 Å². The molecule has 1 aromatic carbocycles. The summed E-state index contributed by atoms with van der Waals surface area (Å²) in [4.78, 5) is 19.3. The van der Waals surface area contributed by atoms with Gasteiger partial charge in [-0.1, -0.05) is 31.1 Å². The van der Waals surface area contributed by atoms with Crippen molar-refractivity contribution < 1.29 is 9.32 Å². The van der Waals surface area contributed by atoms with Gasteiger partial charge in [-0.05, 0) is 36.6 Å². The zero-order valence-corrected chi connectivity index (χ0v) is 14.8. The van der Waals surface area contributed by atoms with E-state index in [2.05, 4.69) is 20.3 Å². The number of hydrogen-bond acceptors (Lipinski definition) is 5. The summed E-state index contributed by atoms with van der Waals surface area (Å²) in [5.74, 6) is 1.41. The number of hydrogen-bond donors (Lipinski definition) is 1. The fraction of sp³-hybridized carbons (Fsp3) is 0.368. The van der Waals surface area contributed by atoms with Crippen LogP contribution in [0.1, 0.15) is 60.7 Å². The van der Waals surface area contributed by atoms with Gasteiger partial charge in [-0.2, -0.15) is 10.1 Å². The molecule has 1 saturated heterocycles. The van der Waals surface area contributed by atoms with Gasteiger partial charge in [-0.3, -0.25) is 9.89 Å². The van der Waals surface area contributed by atoms with Gasteiger partial charge in [0.2, 0.25) is 5.89 Å². The van der Waals surface area contributed by atoms with Crippen LogP contribution in [0.15, 0.2) is 41.1 Å². The van der Waals surface area contributed by atoms with Gasteiger partial charge in [-0.25, -0.2) is 0 Å². The summed E-state index contributed by atoms with van der Waals surface area (Å²) >= 11 is 0. The fourth-order valence-corrected chi connectivity index (χ4v) is 3.26. The van der Waals surface area contributed by atoms with Crippen molar-refractivity contribution >= 4 is 5.91 Å². The number of likely N-dealkylation sites (tertiary alicyclic amines) is 1. The van der Waals surface area contributed by atoms with E-state index in [1.807, 2.05) is 49.1 Å². The fourth-order valence-electron chi connectivity index (χ4n) is 3.26. The number of benzene rings is 1. The van der Waals surface area contributed by atoms with E-state index in [0.717, 1.165) is 24.1 Å². The molecule has 7 heteroatoms. The van der Waals surface area contributed by atoms with E-state index in [9.17, 15) is 4.79 Å². The van der Waals surface area contributed by atoms with Crippen LogP contribution >= 0.6 is 0 Å². The first-order valence-corrected chi connectivity index (χ1v) is 8.88. The van der Waals surface area contributed by atoms with Gasteiger partial charge in [-0.15, -0.1) is 0 Å². The molecule has 0 unspecified atom stereocenters. The van der Waals surface area contributed by atoms with Crippen molar-refractivity contribution in [2.75, 3.05) is 6.54 Å². The predicted molar refractivity (Wildman–Crippen MR) is 95.4 cm³/mol. The van der Waals surface area contributed by atoms with Crippen LogP contribution in [0.4, 0.5) is 0 Å². The Balaban J connectivity index is 1.54. The first-order valence-electron chi connectivity index (χ1n) is 8.88. The largest absolute Gasteiger partial charge is 0.337 e. The molecule has 134 valence electrons. The molecular formula is C19H21N5O2. The van der Waals surface area contributed by atoms with Crippen LogP contribution in [-0.4, -0.2) is 37.7 Å². The van der Waals surface area contributed by atoms with Gasteiger partial charge >= 0.3 is 0 Å². The normalized spacial score (nSPS) is 17.2. The second-order valence-corrected chi connectivity index (χ2v) is 6.85. The summed E-state index contributed by atoms with van der Waals surface area (Å²) in [6.45, 7) is 4.74. The zero-order chi connectivity index (χ0) is 18.1. The van der Waals surface area contributed by atoms with E-state index in [0.29, 0.717) is 23.8 Å². The minimum Gasteiger partial charge on any atom is -0.337 e. The molecule has 0 bridgehead atoms. The molecule has 26 heavy (non-hydrogen) atoms. The molecule has 0 aliphatic carbocycles. The number of rotatable bonds is 4. The van der Waals surface area contributed by atoms with Crippen LogP contribution in [0.2, 0.25) is 0 Å². The summed E-state index contributed by atoms with van der Waals surface area (Å²) < 4.78 is 5.43. The summed E-state index contributed by atoms with van der Waals surface area (Å²) in [5.41, 5.74) is 2.58. The van der Waals surface area contributed by atoms with Crippen LogP contribution < -0.4 is 0 Å². The highest BCUT2D eigenvalue weighted by Crippen LogP contribution is 2.33. The summed E-state index contributed by atoms with van der Waals surface area (Å²) in [7, 11) is 0. The lowest BCUT2D eigenvalue weighted by Crippen LogP contribution is -2.30. The number of aromatic nitrogens is 4. The predicted octanol–water partition coefficient (Wildman–Crippen LogP) is 3.56. The van der Waals surface area contributed by atoms with Gasteiger partial charge in [0.25, 0.3) is 5.91 Å². The Kier molecular flexibility index (Phi) is 4.28. The quantitative estimate of drug-likeness (QED) is 0.776. The second kappa shape index (κ2) is 6.74. The molecular weight excluding hydrogens is 330 g/mol. The zero-order valence-electron chi connectivity index (χ0n) is 14.8. The maximum atomic E-state index is 13.0. The van der Waals surface area contributed by atoms with E-state index in [-0.39, 0.29) is 17.9 Å². The smallest absolute Gasteiger partial charge is 0.254 e. The molecule has 0 spiro atoms. The third-order valence-electron chi connectivity index (χ3n) is 4.72. The molecule has 1 amide bonds. The first kappa shape index (κ1) is 16.5. The molecule has 1 atom stereocenters. The minimum absolute atomic E-state index is 0.00652. The number of H-pyrrole nitrogens is 1. The molecule has 0 saturated carbocycles. The molecule has 3 aromatic rings. The lowest BCUT2D eigenvalue weighted by molar-refractivity contribution is 0.0710. The van der Waals surface area contributed by atoms with Crippen molar-refractivity contribution in [3.05, 3.63) is 53.8 Å². The topological polar surface area (TPSA) is 87.9 Å². The van der Waals surface area contributed by atoms with Gasteiger partial charge in [0.05, 0.1) is 5.69 Å². The Labute approximate surface area is 151 Å².